The zero-order chi connectivity index (χ0) is 14.3. The third-order valence-corrected chi connectivity index (χ3v) is 3.44. The van der Waals surface area contributed by atoms with Gasteiger partial charge in [-0.05, 0) is 50.3 Å². The van der Waals surface area contributed by atoms with E-state index in [0.717, 1.165) is 5.75 Å². The first-order valence-corrected chi connectivity index (χ1v) is 7.60. The monoisotopic (exact) mass is 263 g/mol. The third-order valence-electron chi connectivity index (χ3n) is 3.44. The maximum Gasteiger partial charge on any atom is 0.120 e. The van der Waals surface area contributed by atoms with Crippen LogP contribution in [0, 0.1) is 5.92 Å². The second kappa shape index (κ2) is 8.21. The van der Waals surface area contributed by atoms with E-state index < -0.39 is 0 Å². The maximum atomic E-state index is 6.46. The predicted octanol–water partition coefficient (Wildman–Crippen LogP) is 4.69. The van der Waals surface area contributed by atoms with Crippen molar-refractivity contribution in [3.05, 3.63) is 29.8 Å². The van der Waals surface area contributed by atoms with E-state index in [1.807, 2.05) is 26.0 Å². The summed E-state index contributed by atoms with van der Waals surface area (Å²) >= 11 is 0. The normalized spacial score (nSPS) is 13.0. The molecule has 2 nitrogen and oxygen atoms in total. The van der Waals surface area contributed by atoms with Crippen LogP contribution in [0.3, 0.4) is 0 Å². The molecule has 0 saturated carbocycles. The molecule has 0 aliphatic heterocycles. The summed E-state index contributed by atoms with van der Waals surface area (Å²) in [6.45, 7) is 8.55. The van der Waals surface area contributed by atoms with Crippen molar-refractivity contribution in [2.45, 2.75) is 65.5 Å². The van der Waals surface area contributed by atoms with E-state index in [0.29, 0.717) is 5.92 Å². The van der Waals surface area contributed by atoms with Crippen molar-refractivity contribution in [1.29, 1.82) is 0 Å². The lowest BCUT2D eigenvalue weighted by Gasteiger charge is -2.24. The molecule has 0 bridgehead atoms. The number of ether oxygens (including phenoxy) is 1. The molecule has 0 amide bonds. The lowest BCUT2D eigenvalue weighted by molar-refractivity contribution is 0.241. The summed E-state index contributed by atoms with van der Waals surface area (Å²) in [7, 11) is 0. The van der Waals surface area contributed by atoms with Gasteiger partial charge < -0.3 is 10.5 Å². The maximum absolute atomic E-state index is 6.46. The van der Waals surface area contributed by atoms with E-state index in [2.05, 4.69) is 26.0 Å². The number of benzene rings is 1. The molecule has 0 spiro atoms. The zero-order valence-electron chi connectivity index (χ0n) is 12.9. The molecule has 0 heterocycles. The van der Waals surface area contributed by atoms with Crippen molar-refractivity contribution in [3.8, 4) is 5.75 Å². The van der Waals surface area contributed by atoms with Gasteiger partial charge in [-0.15, -0.1) is 0 Å². The van der Waals surface area contributed by atoms with Crippen LogP contribution < -0.4 is 10.5 Å². The Morgan fingerprint density at radius 1 is 1.11 bits per heavy atom. The molecule has 19 heavy (non-hydrogen) atoms. The molecule has 0 fully saturated rings. The van der Waals surface area contributed by atoms with Crippen LogP contribution in [0.15, 0.2) is 24.3 Å². The molecule has 1 aromatic rings. The minimum atomic E-state index is 0.121. The van der Waals surface area contributed by atoms with E-state index in [1.165, 1.54) is 31.2 Å². The second-order valence-corrected chi connectivity index (χ2v) is 5.60. The first-order valence-electron chi connectivity index (χ1n) is 7.60. The Morgan fingerprint density at radius 2 is 1.74 bits per heavy atom. The molecule has 1 rings (SSSR count). The fourth-order valence-electron chi connectivity index (χ4n) is 2.58. The lowest BCUT2D eigenvalue weighted by atomic mass is 9.87. The Bertz CT molecular complexity index is 356. The molecule has 0 radical (unpaired) electrons. The van der Waals surface area contributed by atoms with Gasteiger partial charge >= 0.3 is 0 Å². The molecule has 1 aromatic carbocycles. The van der Waals surface area contributed by atoms with Gasteiger partial charge in [0.1, 0.15) is 5.75 Å². The Kier molecular flexibility index (Phi) is 6.93. The molecule has 1 atom stereocenters. The first-order chi connectivity index (χ1) is 9.08. The molecule has 0 aromatic heterocycles. The van der Waals surface area contributed by atoms with Crippen LogP contribution >= 0.6 is 0 Å². The van der Waals surface area contributed by atoms with Crippen molar-refractivity contribution in [2.75, 3.05) is 0 Å². The van der Waals surface area contributed by atoms with Gasteiger partial charge in [-0.1, -0.05) is 38.8 Å². The van der Waals surface area contributed by atoms with Crippen LogP contribution in [0.25, 0.3) is 0 Å². The summed E-state index contributed by atoms with van der Waals surface area (Å²) in [6.07, 6.45) is 4.99. The van der Waals surface area contributed by atoms with Crippen LogP contribution in [0.2, 0.25) is 0 Å². The molecular formula is C17H29NO. The van der Waals surface area contributed by atoms with E-state index in [1.54, 1.807) is 0 Å². The lowest BCUT2D eigenvalue weighted by Crippen LogP contribution is -2.21. The summed E-state index contributed by atoms with van der Waals surface area (Å²) in [5.41, 5.74) is 7.65. The van der Waals surface area contributed by atoms with Gasteiger partial charge in [0.05, 0.1) is 6.10 Å². The summed E-state index contributed by atoms with van der Waals surface area (Å²) in [6, 6.07) is 8.39. The van der Waals surface area contributed by atoms with Gasteiger partial charge in [0.15, 0.2) is 0 Å². The molecule has 1 unspecified atom stereocenters. The van der Waals surface area contributed by atoms with E-state index in [9.17, 15) is 0 Å². The van der Waals surface area contributed by atoms with E-state index in [-0.39, 0.29) is 12.1 Å². The summed E-state index contributed by atoms with van der Waals surface area (Å²) in [4.78, 5) is 0. The Hall–Kier alpha value is -1.02. The molecule has 0 aliphatic rings. The summed E-state index contributed by atoms with van der Waals surface area (Å²) < 4.78 is 5.75. The highest BCUT2D eigenvalue weighted by Crippen LogP contribution is 2.29. The number of rotatable bonds is 8. The highest BCUT2D eigenvalue weighted by atomic mass is 16.5. The summed E-state index contributed by atoms with van der Waals surface area (Å²) in [5.74, 6) is 1.50. The third kappa shape index (κ3) is 5.23. The molecule has 2 N–H and O–H groups in total. The van der Waals surface area contributed by atoms with Crippen LogP contribution in [0.4, 0.5) is 0 Å². The smallest absolute Gasteiger partial charge is 0.120 e. The highest BCUT2D eigenvalue weighted by molar-refractivity contribution is 5.31. The van der Waals surface area contributed by atoms with Crippen molar-refractivity contribution in [2.24, 2.45) is 11.7 Å². The SMILES string of the molecule is CCCC(CCC)C(N)c1cccc(OC(C)C)c1. The topological polar surface area (TPSA) is 35.2 Å². The van der Waals surface area contributed by atoms with E-state index in [4.69, 9.17) is 10.5 Å². The molecule has 0 aliphatic carbocycles. The van der Waals surface area contributed by atoms with Gasteiger partial charge in [0, 0.05) is 6.04 Å². The van der Waals surface area contributed by atoms with Gasteiger partial charge in [0.25, 0.3) is 0 Å². The number of hydrogen-bond donors (Lipinski definition) is 1. The van der Waals surface area contributed by atoms with Crippen LogP contribution in [-0.2, 0) is 0 Å². The Balaban J connectivity index is 2.81. The minimum absolute atomic E-state index is 0.121. The van der Waals surface area contributed by atoms with Gasteiger partial charge in [-0.2, -0.15) is 0 Å². The fourth-order valence-corrected chi connectivity index (χ4v) is 2.58. The second-order valence-electron chi connectivity index (χ2n) is 5.60. The number of hydrogen-bond acceptors (Lipinski definition) is 2. The van der Waals surface area contributed by atoms with Crippen LogP contribution in [0.5, 0.6) is 5.75 Å². The average molecular weight is 263 g/mol. The minimum Gasteiger partial charge on any atom is -0.491 e. The molecule has 2 heteroatoms. The quantitative estimate of drug-likeness (QED) is 0.738. The van der Waals surface area contributed by atoms with Crippen molar-refractivity contribution >= 4 is 0 Å². The molecular weight excluding hydrogens is 234 g/mol. The standard InChI is InChI=1S/C17H29NO/c1-5-8-14(9-6-2)17(18)15-10-7-11-16(12-15)19-13(3)4/h7,10-14,17H,5-6,8-9,18H2,1-4H3. The van der Waals surface area contributed by atoms with Crippen LogP contribution in [-0.4, -0.2) is 6.10 Å². The molecule has 0 saturated heterocycles. The van der Waals surface area contributed by atoms with E-state index >= 15 is 0 Å². The van der Waals surface area contributed by atoms with Crippen molar-refractivity contribution < 1.29 is 4.74 Å². The van der Waals surface area contributed by atoms with Crippen molar-refractivity contribution in [1.82, 2.24) is 0 Å². The largest absolute Gasteiger partial charge is 0.491 e. The Labute approximate surface area is 118 Å². The van der Waals surface area contributed by atoms with Gasteiger partial charge in [-0.3, -0.25) is 0 Å². The van der Waals surface area contributed by atoms with Crippen molar-refractivity contribution in [3.63, 3.8) is 0 Å². The average Bonchev–Trinajstić information content (AvgIpc) is 2.37. The van der Waals surface area contributed by atoms with Gasteiger partial charge in [0.2, 0.25) is 0 Å². The zero-order valence-corrected chi connectivity index (χ0v) is 12.9. The fraction of sp³-hybridized carbons (Fsp3) is 0.647. The molecule has 108 valence electrons. The van der Waals surface area contributed by atoms with Gasteiger partial charge in [-0.25, -0.2) is 0 Å². The highest BCUT2D eigenvalue weighted by Gasteiger charge is 2.18. The predicted molar refractivity (Wildman–Crippen MR) is 82.4 cm³/mol. The first kappa shape index (κ1) is 16.0. The number of nitrogens with two attached hydrogens (primary N) is 1. The van der Waals surface area contributed by atoms with Crippen LogP contribution in [0.1, 0.15) is 65.0 Å². The Morgan fingerprint density at radius 3 is 2.26 bits per heavy atom. The summed E-state index contributed by atoms with van der Waals surface area (Å²) in [5, 5.41) is 0.